The van der Waals surface area contributed by atoms with Gasteiger partial charge in [-0.3, -0.25) is 4.90 Å². The Kier molecular flexibility index (Phi) is 4.62. The lowest BCUT2D eigenvalue weighted by atomic mass is 10.0. The molecule has 2 heterocycles. The lowest BCUT2D eigenvalue weighted by Gasteiger charge is -2.37. The zero-order valence-corrected chi connectivity index (χ0v) is 14.1. The number of sulfonamides is 1. The second-order valence-electron chi connectivity index (χ2n) is 5.44. The molecule has 0 bridgehead atoms. The van der Waals surface area contributed by atoms with E-state index in [1.54, 1.807) is 0 Å². The minimum absolute atomic E-state index is 0.163. The maximum atomic E-state index is 11.7. The average molecular weight is 357 g/mol. The van der Waals surface area contributed by atoms with E-state index in [1.807, 2.05) is 24.3 Å². The number of nitrogens with one attached hydrogen (secondary N) is 1. The number of piperazine rings is 1. The summed E-state index contributed by atoms with van der Waals surface area (Å²) < 4.78 is 24.8. The summed E-state index contributed by atoms with van der Waals surface area (Å²) in [5.41, 5.74) is 1.00. The number of aromatic amines is 1. The molecule has 1 aromatic heterocycles. The highest BCUT2D eigenvalue weighted by atomic mass is 35.5. The molecule has 0 amide bonds. The minimum atomic E-state index is -3.16. The summed E-state index contributed by atoms with van der Waals surface area (Å²) in [6.07, 6.45) is 1.24. The fourth-order valence-corrected chi connectivity index (χ4v) is 3.72. The molecule has 2 aromatic rings. The van der Waals surface area contributed by atoms with Crippen LogP contribution >= 0.6 is 11.6 Å². The molecule has 1 N–H and O–H groups in total. The van der Waals surface area contributed by atoms with Gasteiger partial charge in [-0.05, 0) is 28.1 Å². The van der Waals surface area contributed by atoms with Gasteiger partial charge in [-0.25, -0.2) is 13.5 Å². The fraction of sp³-hybridized carbons (Fsp3) is 0.462. The molecular formula is C13H17ClN6O2S. The smallest absolute Gasteiger partial charge is 0.211 e. The third-order valence-corrected chi connectivity index (χ3v) is 5.47. The fourth-order valence-electron chi connectivity index (χ4n) is 2.76. The van der Waals surface area contributed by atoms with Crippen LogP contribution in [0.5, 0.6) is 0 Å². The van der Waals surface area contributed by atoms with Crippen molar-refractivity contribution in [2.45, 2.75) is 6.04 Å². The van der Waals surface area contributed by atoms with Crippen LogP contribution in [0.2, 0.25) is 5.02 Å². The van der Waals surface area contributed by atoms with Crippen LogP contribution < -0.4 is 0 Å². The number of H-pyrrole nitrogens is 1. The van der Waals surface area contributed by atoms with Crippen LogP contribution in [-0.4, -0.2) is 70.7 Å². The molecule has 1 saturated heterocycles. The molecule has 3 rings (SSSR count). The highest BCUT2D eigenvalue weighted by molar-refractivity contribution is 7.88. The third kappa shape index (κ3) is 3.69. The molecule has 23 heavy (non-hydrogen) atoms. The predicted molar refractivity (Wildman–Crippen MR) is 85.5 cm³/mol. The van der Waals surface area contributed by atoms with Gasteiger partial charge in [-0.15, -0.1) is 5.10 Å². The van der Waals surface area contributed by atoms with Crippen LogP contribution in [0.3, 0.4) is 0 Å². The molecule has 1 unspecified atom stereocenters. The largest absolute Gasteiger partial charge is 0.287 e. The van der Waals surface area contributed by atoms with Crippen molar-refractivity contribution in [1.82, 2.24) is 29.8 Å². The van der Waals surface area contributed by atoms with Crippen molar-refractivity contribution in [2.75, 3.05) is 32.4 Å². The number of tetrazole rings is 1. The number of rotatable bonds is 4. The summed E-state index contributed by atoms with van der Waals surface area (Å²) in [7, 11) is -3.16. The Morgan fingerprint density at radius 2 is 1.83 bits per heavy atom. The molecule has 0 spiro atoms. The lowest BCUT2D eigenvalue weighted by Crippen LogP contribution is -2.49. The first-order chi connectivity index (χ1) is 10.9. The molecule has 1 fully saturated rings. The van der Waals surface area contributed by atoms with Gasteiger partial charge in [0, 0.05) is 31.2 Å². The van der Waals surface area contributed by atoms with Crippen LogP contribution in [0.4, 0.5) is 0 Å². The Balaban J connectivity index is 1.84. The Bertz CT molecular complexity index is 741. The third-order valence-electron chi connectivity index (χ3n) is 3.91. The van der Waals surface area contributed by atoms with Crippen LogP contribution in [0.25, 0.3) is 0 Å². The SMILES string of the molecule is CS(=O)(=O)N1CCN(C(c2ccc(Cl)cc2)c2nnn[nH]2)CC1. The number of hydrogen-bond acceptors (Lipinski definition) is 6. The van der Waals surface area contributed by atoms with Crippen molar-refractivity contribution in [2.24, 2.45) is 0 Å². The van der Waals surface area contributed by atoms with Gasteiger partial charge in [0.2, 0.25) is 10.0 Å². The van der Waals surface area contributed by atoms with Crippen molar-refractivity contribution < 1.29 is 8.42 Å². The van der Waals surface area contributed by atoms with Gasteiger partial charge < -0.3 is 0 Å². The molecular weight excluding hydrogens is 340 g/mol. The van der Waals surface area contributed by atoms with Gasteiger partial charge in [0.25, 0.3) is 0 Å². The quantitative estimate of drug-likeness (QED) is 0.858. The van der Waals surface area contributed by atoms with Crippen LogP contribution in [-0.2, 0) is 10.0 Å². The van der Waals surface area contributed by atoms with Crippen LogP contribution in [0.15, 0.2) is 24.3 Å². The van der Waals surface area contributed by atoms with E-state index in [-0.39, 0.29) is 6.04 Å². The van der Waals surface area contributed by atoms with Gasteiger partial charge in [0.1, 0.15) is 0 Å². The first-order valence-electron chi connectivity index (χ1n) is 7.13. The van der Waals surface area contributed by atoms with E-state index in [4.69, 9.17) is 11.6 Å². The summed E-state index contributed by atoms with van der Waals surface area (Å²) >= 11 is 5.96. The first kappa shape index (κ1) is 16.3. The number of benzene rings is 1. The van der Waals surface area contributed by atoms with E-state index in [0.29, 0.717) is 37.0 Å². The van der Waals surface area contributed by atoms with E-state index in [2.05, 4.69) is 25.5 Å². The molecule has 10 heteroatoms. The highest BCUT2D eigenvalue weighted by Gasteiger charge is 2.31. The monoisotopic (exact) mass is 356 g/mol. The maximum Gasteiger partial charge on any atom is 0.211 e. The highest BCUT2D eigenvalue weighted by Crippen LogP contribution is 2.28. The Labute approximate surface area is 139 Å². The Morgan fingerprint density at radius 1 is 1.17 bits per heavy atom. The first-order valence-corrected chi connectivity index (χ1v) is 9.36. The predicted octanol–water partition coefficient (Wildman–Crippen LogP) is 0.520. The van der Waals surface area contributed by atoms with Crippen molar-refractivity contribution in [3.05, 3.63) is 40.7 Å². The second kappa shape index (κ2) is 6.52. The van der Waals surface area contributed by atoms with Crippen molar-refractivity contribution in [1.29, 1.82) is 0 Å². The Morgan fingerprint density at radius 3 is 2.35 bits per heavy atom. The summed E-state index contributed by atoms with van der Waals surface area (Å²) in [5, 5.41) is 14.8. The molecule has 0 aliphatic carbocycles. The molecule has 1 aliphatic heterocycles. The molecule has 1 aliphatic rings. The molecule has 0 saturated carbocycles. The number of hydrogen-bond donors (Lipinski definition) is 1. The van der Waals surface area contributed by atoms with E-state index in [1.165, 1.54) is 10.6 Å². The molecule has 124 valence electrons. The summed E-state index contributed by atoms with van der Waals surface area (Å²) in [6.45, 7) is 2.09. The average Bonchev–Trinajstić information content (AvgIpc) is 3.03. The molecule has 0 radical (unpaired) electrons. The van der Waals surface area contributed by atoms with Crippen molar-refractivity contribution >= 4 is 21.6 Å². The lowest BCUT2D eigenvalue weighted by molar-refractivity contribution is 0.152. The zero-order valence-electron chi connectivity index (χ0n) is 12.6. The van der Waals surface area contributed by atoms with E-state index in [0.717, 1.165) is 5.56 Å². The Hall–Kier alpha value is -1.55. The second-order valence-corrected chi connectivity index (χ2v) is 7.86. The van der Waals surface area contributed by atoms with Crippen molar-refractivity contribution in [3.8, 4) is 0 Å². The number of aromatic nitrogens is 4. The maximum absolute atomic E-state index is 11.7. The number of halogens is 1. The van der Waals surface area contributed by atoms with Crippen LogP contribution in [0.1, 0.15) is 17.4 Å². The summed E-state index contributed by atoms with van der Waals surface area (Å²) in [6, 6.07) is 7.33. The van der Waals surface area contributed by atoms with Gasteiger partial charge in [-0.2, -0.15) is 4.31 Å². The van der Waals surface area contributed by atoms with E-state index in [9.17, 15) is 8.42 Å². The summed E-state index contributed by atoms with van der Waals surface area (Å²) in [4.78, 5) is 2.16. The molecule has 1 atom stereocenters. The molecule has 8 nitrogen and oxygen atoms in total. The summed E-state index contributed by atoms with van der Waals surface area (Å²) in [5.74, 6) is 0.625. The van der Waals surface area contributed by atoms with E-state index >= 15 is 0 Å². The van der Waals surface area contributed by atoms with Gasteiger partial charge >= 0.3 is 0 Å². The normalized spacial score (nSPS) is 18.9. The zero-order chi connectivity index (χ0) is 16.4. The standard InChI is InChI=1S/C13H17ClN6O2S/c1-23(21,22)20-8-6-19(7-9-20)12(13-15-17-18-16-13)10-2-4-11(14)5-3-10/h2-5,12H,6-9H2,1H3,(H,15,16,17,18). The van der Waals surface area contributed by atoms with Crippen molar-refractivity contribution in [3.63, 3.8) is 0 Å². The minimum Gasteiger partial charge on any atom is -0.287 e. The molecule has 1 aromatic carbocycles. The number of nitrogens with zero attached hydrogens (tertiary/aromatic N) is 5. The van der Waals surface area contributed by atoms with Gasteiger partial charge in [0.05, 0.1) is 12.3 Å². The van der Waals surface area contributed by atoms with E-state index < -0.39 is 10.0 Å². The van der Waals surface area contributed by atoms with Gasteiger partial charge in [0.15, 0.2) is 5.82 Å². The topological polar surface area (TPSA) is 95.1 Å². The van der Waals surface area contributed by atoms with Gasteiger partial charge in [-0.1, -0.05) is 23.7 Å². The van der Waals surface area contributed by atoms with Crippen LogP contribution in [0, 0.1) is 0 Å².